The molecule has 0 radical (unpaired) electrons. The van der Waals surface area contributed by atoms with Crippen LogP contribution in [0.25, 0.3) is 0 Å². The number of benzene rings is 2. The predicted molar refractivity (Wildman–Crippen MR) is 119 cm³/mol. The molecule has 0 spiro atoms. The van der Waals surface area contributed by atoms with Crippen molar-refractivity contribution in [2.75, 3.05) is 26.6 Å². The second-order valence-electron chi connectivity index (χ2n) is 7.04. The molecule has 3 aromatic rings. The van der Waals surface area contributed by atoms with E-state index in [9.17, 15) is 4.79 Å². The van der Waals surface area contributed by atoms with Gasteiger partial charge in [0.15, 0.2) is 0 Å². The van der Waals surface area contributed by atoms with Crippen molar-refractivity contribution in [1.29, 1.82) is 0 Å². The van der Waals surface area contributed by atoms with Crippen LogP contribution in [0.1, 0.15) is 29.5 Å². The first-order valence-electron chi connectivity index (χ1n) is 10.0. The van der Waals surface area contributed by atoms with Crippen molar-refractivity contribution in [2.45, 2.75) is 25.8 Å². The number of rotatable bonds is 9. The van der Waals surface area contributed by atoms with Crippen LogP contribution in [0.5, 0.6) is 17.2 Å². The summed E-state index contributed by atoms with van der Waals surface area (Å²) < 4.78 is 21.5. The Balaban J connectivity index is 1.74. The molecule has 0 unspecified atom stereocenters. The van der Waals surface area contributed by atoms with Gasteiger partial charge in [0.05, 0.1) is 33.1 Å². The van der Waals surface area contributed by atoms with Crippen molar-refractivity contribution < 1.29 is 23.4 Å². The molecule has 0 aliphatic heterocycles. The zero-order valence-electron chi connectivity index (χ0n) is 18.2. The molecule has 31 heavy (non-hydrogen) atoms. The monoisotopic (exact) mass is 424 g/mol. The van der Waals surface area contributed by atoms with Gasteiger partial charge in [0.1, 0.15) is 28.8 Å². The van der Waals surface area contributed by atoms with Crippen LogP contribution in [0, 0.1) is 6.92 Å². The highest BCUT2D eigenvalue weighted by Crippen LogP contribution is 2.29. The summed E-state index contributed by atoms with van der Waals surface area (Å²) in [6.07, 6.45) is 1.36. The Labute approximate surface area is 182 Å². The fourth-order valence-corrected chi connectivity index (χ4v) is 3.28. The zero-order valence-corrected chi connectivity index (χ0v) is 18.2. The number of methoxy groups -OCH3 is 3. The maximum atomic E-state index is 12.8. The van der Waals surface area contributed by atoms with Crippen molar-refractivity contribution in [3.8, 4) is 17.2 Å². The Kier molecular flexibility index (Phi) is 7.43. The molecule has 2 amide bonds. The minimum absolute atomic E-state index is 0.222. The lowest BCUT2D eigenvalue weighted by atomic mass is 10.0. The lowest BCUT2D eigenvalue weighted by Crippen LogP contribution is -2.33. The van der Waals surface area contributed by atoms with Crippen LogP contribution in [0.15, 0.2) is 59.0 Å². The average molecular weight is 424 g/mol. The van der Waals surface area contributed by atoms with E-state index in [-0.39, 0.29) is 12.1 Å². The summed E-state index contributed by atoms with van der Waals surface area (Å²) in [5, 5.41) is 5.92. The highest BCUT2D eigenvalue weighted by Gasteiger charge is 2.17. The summed E-state index contributed by atoms with van der Waals surface area (Å²) >= 11 is 0. The van der Waals surface area contributed by atoms with E-state index < -0.39 is 0 Å². The summed E-state index contributed by atoms with van der Waals surface area (Å²) in [7, 11) is 4.75. The van der Waals surface area contributed by atoms with Gasteiger partial charge < -0.3 is 29.3 Å². The number of urea groups is 1. The highest BCUT2D eigenvalue weighted by molar-refractivity contribution is 5.91. The normalized spacial score (nSPS) is 11.5. The molecule has 1 atom stereocenters. The highest BCUT2D eigenvalue weighted by atomic mass is 16.5. The first-order valence-corrected chi connectivity index (χ1v) is 10.0. The van der Waals surface area contributed by atoms with Gasteiger partial charge in [-0.05, 0) is 55.3 Å². The van der Waals surface area contributed by atoms with Crippen LogP contribution in [-0.4, -0.2) is 27.4 Å². The molecule has 0 saturated carbocycles. The molecule has 1 aromatic heterocycles. The summed E-state index contributed by atoms with van der Waals surface area (Å²) in [5.74, 6) is 3.68. The van der Waals surface area contributed by atoms with Gasteiger partial charge in [-0.2, -0.15) is 0 Å². The number of hydrogen-bond acceptors (Lipinski definition) is 5. The van der Waals surface area contributed by atoms with Crippen LogP contribution >= 0.6 is 0 Å². The first-order chi connectivity index (χ1) is 15.0. The Morgan fingerprint density at radius 3 is 2.26 bits per heavy atom. The Hall–Kier alpha value is -3.61. The van der Waals surface area contributed by atoms with Crippen LogP contribution < -0.4 is 24.8 Å². The molecule has 0 aliphatic rings. The smallest absolute Gasteiger partial charge is 0.319 e. The number of aryl methyl sites for hydroxylation is 2. The number of hydrogen-bond donors (Lipinski definition) is 2. The van der Waals surface area contributed by atoms with Crippen LogP contribution in [0.2, 0.25) is 0 Å². The quantitative estimate of drug-likeness (QED) is 0.499. The first kappa shape index (κ1) is 22.1. The van der Waals surface area contributed by atoms with Gasteiger partial charge in [-0.3, -0.25) is 0 Å². The predicted octanol–water partition coefficient (Wildman–Crippen LogP) is 5.11. The van der Waals surface area contributed by atoms with Gasteiger partial charge in [0.25, 0.3) is 0 Å². The molecule has 2 N–H and O–H groups in total. The van der Waals surface area contributed by atoms with Crippen LogP contribution in [-0.2, 0) is 6.42 Å². The Morgan fingerprint density at radius 2 is 1.65 bits per heavy atom. The number of furan rings is 1. The molecule has 2 aromatic carbocycles. The molecular formula is C24H28N2O5. The maximum Gasteiger partial charge on any atom is 0.319 e. The summed E-state index contributed by atoms with van der Waals surface area (Å²) in [5.41, 5.74) is 1.52. The van der Waals surface area contributed by atoms with Crippen molar-refractivity contribution in [2.24, 2.45) is 0 Å². The van der Waals surface area contributed by atoms with Crippen LogP contribution in [0.3, 0.4) is 0 Å². The van der Waals surface area contributed by atoms with E-state index in [0.717, 1.165) is 22.8 Å². The Morgan fingerprint density at radius 1 is 0.935 bits per heavy atom. The van der Waals surface area contributed by atoms with Gasteiger partial charge in [-0.25, -0.2) is 4.79 Å². The van der Waals surface area contributed by atoms with E-state index >= 15 is 0 Å². The molecular weight excluding hydrogens is 396 g/mol. The molecule has 0 saturated heterocycles. The van der Waals surface area contributed by atoms with Crippen molar-refractivity contribution >= 4 is 11.7 Å². The fraction of sp³-hybridized carbons (Fsp3) is 0.292. The summed E-state index contributed by atoms with van der Waals surface area (Å²) in [6.45, 7) is 1.92. The summed E-state index contributed by atoms with van der Waals surface area (Å²) in [4.78, 5) is 12.8. The van der Waals surface area contributed by atoms with E-state index in [1.54, 1.807) is 39.5 Å². The zero-order chi connectivity index (χ0) is 22.2. The fourth-order valence-electron chi connectivity index (χ4n) is 3.28. The minimum Gasteiger partial charge on any atom is -0.497 e. The topological polar surface area (TPSA) is 82.0 Å². The van der Waals surface area contributed by atoms with Crippen molar-refractivity contribution in [3.63, 3.8) is 0 Å². The van der Waals surface area contributed by atoms with E-state index in [4.69, 9.17) is 18.6 Å². The van der Waals surface area contributed by atoms with Gasteiger partial charge in [-0.15, -0.1) is 0 Å². The molecule has 7 heteroatoms. The third-order valence-electron chi connectivity index (χ3n) is 4.96. The van der Waals surface area contributed by atoms with E-state index in [1.165, 1.54) is 0 Å². The molecule has 3 rings (SSSR count). The van der Waals surface area contributed by atoms with Gasteiger partial charge >= 0.3 is 6.03 Å². The molecule has 0 fully saturated rings. The SMILES string of the molecule is COc1ccc([C@@H](CCc2ccc(C)o2)NC(=O)Nc2ccc(OC)cc2OC)cc1. The number of anilines is 1. The average Bonchev–Trinajstić information content (AvgIpc) is 3.22. The number of carbonyl (C=O) groups is 1. The standard InChI is InChI=1S/C24H28N2O5/c1-16-5-8-19(31-16)11-13-21(17-6-9-18(28-2)10-7-17)25-24(27)26-22-14-12-20(29-3)15-23(22)30-4/h5-10,12,14-15,21H,11,13H2,1-4H3,(H2,25,26,27)/t21-/m1/s1. The Bertz CT molecular complexity index is 997. The number of amides is 2. The van der Waals surface area contributed by atoms with Gasteiger partial charge in [0, 0.05) is 12.5 Å². The second kappa shape index (κ2) is 10.4. The molecule has 1 heterocycles. The number of carbonyl (C=O) groups excluding carboxylic acids is 1. The maximum absolute atomic E-state index is 12.8. The number of ether oxygens (including phenoxy) is 3. The number of nitrogens with one attached hydrogen (secondary N) is 2. The summed E-state index contributed by atoms with van der Waals surface area (Å²) in [6, 6.07) is 16.2. The lowest BCUT2D eigenvalue weighted by Gasteiger charge is -2.20. The largest absolute Gasteiger partial charge is 0.497 e. The molecule has 0 aliphatic carbocycles. The third kappa shape index (κ3) is 5.94. The van der Waals surface area contributed by atoms with Crippen molar-refractivity contribution in [3.05, 3.63) is 71.7 Å². The third-order valence-corrected chi connectivity index (χ3v) is 4.96. The lowest BCUT2D eigenvalue weighted by molar-refractivity contribution is 0.247. The van der Waals surface area contributed by atoms with Crippen LogP contribution in [0.4, 0.5) is 10.5 Å². The van der Waals surface area contributed by atoms with E-state index in [2.05, 4.69) is 10.6 Å². The van der Waals surface area contributed by atoms with E-state index in [0.29, 0.717) is 30.0 Å². The second-order valence-corrected chi connectivity index (χ2v) is 7.04. The minimum atomic E-state index is -0.333. The molecule has 164 valence electrons. The molecule has 0 bridgehead atoms. The van der Waals surface area contributed by atoms with E-state index in [1.807, 2.05) is 43.3 Å². The molecule has 7 nitrogen and oxygen atoms in total. The van der Waals surface area contributed by atoms with Crippen molar-refractivity contribution in [1.82, 2.24) is 5.32 Å². The van der Waals surface area contributed by atoms with Gasteiger partial charge in [-0.1, -0.05) is 12.1 Å². The van der Waals surface area contributed by atoms with Gasteiger partial charge in [0.2, 0.25) is 0 Å².